The largest absolute Gasteiger partial charge is 0.388 e. The maximum Gasteiger partial charge on any atom is 0.156 e. The first-order valence-electron chi connectivity index (χ1n) is 5.28. The first-order valence-corrected chi connectivity index (χ1v) is 5.28. The first-order chi connectivity index (χ1) is 6.33. The third-order valence-corrected chi connectivity index (χ3v) is 2.55. The van der Waals surface area contributed by atoms with Crippen LogP contribution in [0.4, 0.5) is 0 Å². The molecule has 0 aliphatic heterocycles. The number of allylic oxidation sites excluding steroid dienone is 1. The normalized spacial score (nSPS) is 19.2. The minimum Gasteiger partial charge on any atom is -0.388 e. The third-order valence-electron chi connectivity index (χ3n) is 2.55. The summed E-state index contributed by atoms with van der Waals surface area (Å²) in [5.41, 5.74) is 0. The van der Waals surface area contributed by atoms with Crippen molar-refractivity contribution >= 4 is 5.78 Å². The predicted molar refractivity (Wildman–Crippen MR) is 54.4 cm³/mol. The molecular formula is C11H19NO. The SMILES string of the molecule is CCC(=O)/C=C/NC1CCCCC1. The van der Waals surface area contributed by atoms with Gasteiger partial charge in [-0.1, -0.05) is 26.2 Å². The quantitative estimate of drug-likeness (QED) is 0.675. The van der Waals surface area contributed by atoms with Gasteiger partial charge in [0.25, 0.3) is 0 Å². The molecule has 0 amide bonds. The van der Waals surface area contributed by atoms with Crippen LogP contribution in [0.15, 0.2) is 12.3 Å². The lowest BCUT2D eigenvalue weighted by Crippen LogP contribution is -2.26. The van der Waals surface area contributed by atoms with Gasteiger partial charge in [0.15, 0.2) is 5.78 Å². The van der Waals surface area contributed by atoms with Crippen molar-refractivity contribution in [2.75, 3.05) is 0 Å². The maximum absolute atomic E-state index is 10.9. The Morgan fingerprint density at radius 2 is 2.08 bits per heavy atom. The molecule has 13 heavy (non-hydrogen) atoms. The van der Waals surface area contributed by atoms with Crippen molar-refractivity contribution in [3.05, 3.63) is 12.3 Å². The second-order valence-corrected chi connectivity index (χ2v) is 3.65. The molecule has 0 atom stereocenters. The average Bonchev–Trinajstić information content (AvgIpc) is 2.19. The van der Waals surface area contributed by atoms with Crippen molar-refractivity contribution in [1.82, 2.24) is 5.32 Å². The highest BCUT2D eigenvalue weighted by Crippen LogP contribution is 2.17. The highest BCUT2D eigenvalue weighted by Gasteiger charge is 2.10. The minimum absolute atomic E-state index is 0.198. The molecule has 1 fully saturated rings. The van der Waals surface area contributed by atoms with Crippen molar-refractivity contribution < 1.29 is 4.79 Å². The second kappa shape index (κ2) is 5.79. The molecule has 2 heteroatoms. The zero-order valence-electron chi connectivity index (χ0n) is 8.38. The fraction of sp³-hybridized carbons (Fsp3) is 0.727. The molecule has 0 unspecified atom stereocenters. The van der Waals surface area contributed by atoms with E-state index in [9.17, 15) is 4.79 Å². The summed E-state index contributed by atoms with van der Waals surface area (Å²) in [4.78, 5) is 10.9. The molecule has 1 rings (SSSR count). The molecule has 1 N–H and O–H groups in total. The molecule has 1 aliphatic rings. The van der Waals surface area contributed by atoms with Gasteiger partial charge in [-0.15, -0.1) is 0 Å². The van der Waals surface area contributed by atoms with E-state index in [1.807, 2.05) is 13.1 Å². The van der Waals surface area contributed by atoms with Gasteiger partial charge in [0.1, 0.15) is 0 Å². The summed E-state index contributed by atoms with van der Waals surface area (Å²) in [5.74, 6) is 0.198. The molecule has 74 valence electrons. The Morgan fingerprint density at radius 3 is 2.69 bits per heavy atom. The summed E-state index contributed by atoms with van der Waals surface area (Å²) in [6.45, 7) is 1.88. The van der Waals surface area contributed by atoms with Crippen molar-refractivity contribution in [3.8, 4) is 0 Å². The molecular weight excluding hydrogens is 162 g/mol. The lowest BCUT2D eigenvalue weighted by molar-refractivity contribution is -0.114. The fourth-order valence-electron chi connectivity index (χ4n) is 1.66. The van der Waals surface area contributed by atoms with Gasteiger partial charge in [-0.05, 0) is 18.9 Å². The van der Waals surface area contributed by atoms with Gasteiger partial charge in [-0.25, -0.2) is 0 Å². The van der Waals surface area contributed by atoms with Crippen molar-refractivity contribution in [2.24, 2.45) is 0 Å². The fourth-order valence-corrected chi connectivity index (χ4v) is 1.66. The zero-order valence-corrected chi connectivity index (χ0v) is 8.38. The number of rotatable bonds is 4. The van der Waals surface area contributed by atoms with Gasteiger partial charge in [0.05, 0.1) is 0 Å². The van der Waals surface area contributed by atoms with Crippen LogP contribution in [0.1, 0.15) is 45.4 Å². The van der Waals surface area contributed by atoms with Crippen molar-refractivity contribution in [3.63, 3.8) is 0 Å². The molecule has 0 aromatic heterocycles. The average molecular weight is 181 g/mol. The van der Waals surface area contributed by atoms with E-state index in [0.29, 0.717) is 12.5 Å². The van der Waals surface area contributed by atoms with Crippen LogP contribution in [0, 0.1) is 0 Å². The van der Waals surface area contributed by atoms with E-state index in [1.54, 1.807) is 6.08 Å². The minimum atomic E-state index is 0.198. The van der Waals surface area contributed by atoms with Crippen LogP contribution in [0.3, 0.4) is 0 Å². The molecule has 0 aromatic rings. The summed E-state index contributed by atoms with van der Waals surface area (Å²) in [5, 5.41) is 3.29. The Hall–Kier alpha value is -0.790. The molecule has 0 radical (unpaired) electrons. The van der Waals surface area contributed by atoms with Crippen LogP contribution in [-0.2, 0) is 4.79 Å². The molecule has 2 nitrogen and oxygen atoms in total. The molecule has 1 aliphatic carbocycles. The Labute approximate surface area is 80.4 Å². The maximum atomic E-state index is 10.9. The zero-order chi connectivity index (χ0) is 9.52. The molecule has 0 aromatic carbocycles. The number of carbonyl (C=O) groups is 1. The van der Waals surface area contributed by atoms with Gasteiger partial charge in [0.2, 0.25) is 0 Å². The van der Waals surface area contributed by atoms with Crippen molar-refractivity contribution in [2.45, 2.75) is 51.5 Å². The molecule has 0 spiro atoms. The number of hydrogen-bond acceptors (Lipinski definition) is 2. The van der Waals surface area contributed by atoms with Gasteiger partial charge >= 0.3 is 0 Å². The molecule has 0 bridgehead atoms. The highest BCUT2D eigenvalue weighted by molar-refractivity contribution is 5.89. The molecule has 0 heterocycles. The Bertz CT molecular complexity index is 181. The summed E-state index contributed by atoms with van der Waals surface area (Å²) < 4.78 is 0. The van der Waals surface area contributed by atoms with Crippen LogP contribution in [-0.4, -0.2) is 11.8 Å². The van der Waals surface area contributed by atoms with E-state index in [2.05, 4.69) is 5.32 Å². The smallest absolute Gasteiger partial charge is 0.156 e. The van der Waals surface area contributed by atoms with Crippen LogP contribution < -0.4 is 5.32 Å². The second-order valence-electron chi connectivity index (χ2n) is 3.65. The van der Waals surface area contributed by atoms with E-state index >= 15 is 0 Å². The van der Waals surface area contributed by atoms with Crippen LogP contribution in [0.5, 0.6) is 0 Å². The van der Waals surface area contributed by atoms with Gasteiger partial charge < -0.3 is 5.32 Å². The highest BCUT2D eigenvalue weighted by atomic mass is 16.1. The topological polar surface area (TPSA) is 29.1 Å². The summed E-state index contributed by atoms with van der Waals surface area (Å²) in [6.07, 6.45) is 10.6. The van der Waals surface area contributed by atoms with E-state index in [1.165, 1.54) is 32.1 Å². The third kappa shape index (κ3) is 4.11. The number of nitrogens with one attached hydrogen (secondary N) is 1. The Balaban J connectivity index is 2.16. The van der Waals surface area contributed by atoms with Crippen LogP contribution >= 0.6 is 0 Å². The van der Waals surface area contributed by atoms with Gasteiger partial charge in [0, 0.05) is 18.7 Å². The summed E-state index contributed by atoms with van der Waals surface area (Å²) in [6, 6.07) is 0.606. The standard InChI is InChI=1S/C11H19NO/c1-2-11(13)8-9-12-10-6-4-3-5-7-10/h8-10,12H,2-7H2,1H3/b9-8+. The Morgan fingerprint density at radius 1 is 1.38 bits per heavy atom. The number of ketones is 1. The van der Waals surface area contributed by atoms with E-state index in [-0.39, 0.29) is 5.78 Å². The number of carbonyl (C=O) groups excluding carboxylic acids is 1. The van der Waals surface area contributed by atoms with E-state index in [4.69, 9.17) is 0 Å². The van der Waals surface area contributed by atoms with Crippen molar-refractivity contribution in [1.29, 1.82) is 0 Å². The first kappa shape index (κ1) is 10.3. The monoisotopic (exact) mass is 181 g/mol. The Kier molecular flexibility index (Phi) is 4.58. The molecule has 0 saturated heterocycles. The summed E-state index contributed by atoms with van der Waals surface area (Å²) in [7, 11) is 0. The van der Waals surface area contributed by atoms with Crippen LogP contribution in [0.2, 0.25) is 0 Å². The predicted octanol–water partition coefficient (Wildman–Crippen LogP) is 2.40. The van der Waals surface area contributed by atoms with Gasteiger partial charge in [-0.2, -0.15) is 0 Å². The van der Waals surface area contributed by atoms with Gasteiger partial charge in [-0.3, -0.25) is 4.79 Å². The summed E-state index contributed by atoms with van der Waals surface area (Å²) >= 11 is 0. The van der Waals surface area contributed by atoms with Crippen LogP contribution in [0.25, 0.3) is 0 Å². The number of hydrogen-bond donors (Lipinski definition) is 1. The molecule has 1 saturated carbocycles. The lowest BCUT2D eigenvalue weighted by Gasteiger charge is -2.21. The van der Waals surface area contributed by atoms with E-state index in [0.717, 1.165) is 0 Å². The van der Waals surface area contributed by atoms with E-state index < -0.39 is 0 Å². The lowest BCUT2D eigenvalue weighted by atomic mass is 9.96.